The number of azide groups is 1. The molecule has 1 aliphatic heterocycles. The number of piperidine rings is 1. The molecule has 3 atom stereocenters. The van der Waals surface area contributed by atoms with Crippen LogP contribution in [0.25, 0.3) is 10.4 Å². The fraction of sp³-hybridized carbons (Fsp3) is 0.520. The molecule has 2 amide bonds. The summed E-state index contributed by atoms with van der Waals surface area (Å²) >= 11 is 6.25. The smallest absolute Gasteiger partial charge is 0.327 e. The predicted octanol–water partition coefficient (Wildman–Crippen LogP) is 4.05. The first-order valence-electron chi connectivity index (χ1n) is 13.5. The van der Waals surface area contributed by atoms with Gasteiger partial charge in [0.15, 0.2) is 0 Å². The van der Waals surface area contributed by atoms with E-state index in [1.54, 1.807) is 12.1 Å². The van der Waals surface area contributed by atoms with E-state index in [9.17, 15) is 14.5 Å². The second-order valence-electron chi connectivity index (χ2n) is 10.6. The Morgan fingerprint density at radius 1 is 1.24 bits per heavy atom. The normalized spacial score (nSPS) is 24.5. The molecule has 1 saturated heterocycles. The van der Waals surface area contributed by atoms with Crippen LogP contribution >= 0.6 is 20.2 Å². The number of aromatic nitrogens is 2. The van der Waals surface area contributed by atoms with Crippen molar-refractivity contribution in [1.82, 2.24) is 15.3 Å². The molecule has 3 unspecified atom stereocenters. The summed E-state index contributed by atoms with van der Waals surface area (Å²) in [6.45, 7) is 1.04. The number of benzene rings is 1. The maximum atomic E-state index is 13.4. The molecular formula is C25H29ClN9O6P. The highest BCUT2D eigenvalue weighted by molar-refractivity contribution is 7.39. The molecule has 4 N–H and O–H groups in total. The van der Waals surface area contributed by atoms with E-state index in [4.69, 9.17) is 36.4 Å². The molecule has 0 spiro atoms. The molecule has 3 aliphatic rings. The predicted molar refractivity (Wildman–Crippen MR) is 154 cm³/mol. The third-order valence-corrected chi connectivity index (χ3v) is 8.75. The standard InChI is InChI=1S/C25H29ClN9O6P/c26-20-7-13(1-6-17(20)24(37)33-34-27)9-28-22-19(23(36)31-15-2-4-16(5-3-15)41-42(39)40)10-29-25(32-22)35-12-14-8-18(14)21(35)11-30-38/h1,6-7,10,14-16,18,21,39-40H,2-5,8-9,11-12H2,(H,31,36)(H,28,29,32). The van der Waals surface area contributed by atoms with E-state index < -0.39 is 14.5 Å². The zero-order valence-corrected chi connectivity index (χ0v) is 24.0. The van der Waals surface area contributed by atoms with Crippen molar-refractivity contribution in [3.05, 3.63) is 61.5 Å². The Morgan fingerprint density at radius 3 is 2.71 bits per heavy atom. The molecule has 42 heavy (non-hydrogen) atoms. The highest BCUT2D eigenvalue weighted by atomic mass is 35.5. The molecule has 0 bridgehead atoms. The number of nitroso groups, excluding NO2 is 1. The first-order chi connectivity index (χ1) is 20.3. The van der Waals surface area contributed by atoms with Crippen molar-refractivity contribution in [2.24, 2.45) is 22.1 Å². The van der Waals surface area contributed by atoms with Crippen LogP contribution in [0.5, 0.6) is 0 Å². The Kier molecular flexibility index (Phi) is 9.47. The molecule has 3 fully saturated rings. The van der Waals surface area contributed by atoms with Gasteiger partial charge in [-0.2, -0.15) is 9.89 Å². The van der Waals surface area contributed by atoms with Gasteiger partial charge in [-0.15, -0.1) is 0 Å². The number of nitrogens with zero attached hydrogens (tertiary/aromatic N) is 7. The van der Waals surface area contributed by atoms with Crippen LogP contribution in [-0.4, -0.2) is 62.8 Å². The number of hydrogen-bond donors (Lipinski definition) is 4. The second kappa shape index (κ2) is 13.2. The summed E-state index contributed by atoms with van der Waals surface area (Å²) in [5.41, 5.74) is 9.50. The summed E-state index contributed by atoms with van der Waals surface area (Å²) in [7, 11) is -2.42. The van der Waals surface area contributed by atoms with E-state index in [1.807, 2.05) is 4.90 Å². The quantitative estimate of drug-likeness (QED) is 0.0932. The molecule has 5 rings (SSSR count). The number of anilines is 2. The number of amides is 2. The van der Waals surface area contributed by atoms with Gasteiger partial charge in [0.2, 0.25) is 5.95 Å². The Morgan fingerprint density at radius 2 is 2.02 bits per heavy atom. The summed E-state index contributed by atoms with van der Waals surface area (Å²) in [5, 5.41) is 12.5. The Bertz CT molecular complexity index is 1400. The van der Waals surface area contributed by atoms with Crippen LogP contribution in [0.3, 0.4) is 0 Å². The lowest BCUT2D eigenvalue weighted by molar-refractivity contribution is 0.0877. The second-order valence-corrected chi connectivity index (χ2v) is 11.7. The van der Waals surface area contributed by atoms with Crippen LogP contribution in [0.1, 0.15) is 58.4 Å². The molecule has 2 heterocycles. The van der Waals surface area contributed by atoms with Crippen LogP contribution < -0.4 is 15.5 Å². The van der Waals surface area contributed by atoms with Gasteiger partial charge in [0.25, 0.3) is 11.8 Å². The van der Waals surface area contributed by atoms with Gasteiger partial charge in [-0.3, -0.25) is 9.59 Å². The largest absolute Gasteiger partial charge is 0.365 e. The Balaban J connectivity index is 1.34. The maximum Gasteiger partial charge on any atom is 0.327 e. The summed E-state index contributed by atoms with van der Waals surface area (Å²) in [6, 6.07) is 4.44. The lowest BCUT2D eigenvalue weighted by Crippen LogP contribution is -2.39. The number of fused-ring (bicyclic) bond motifs is 1. The van der Waals surface area contributed by atoms with Crippen molar-refractivity contribution in [3.8, 4) is 0 Å². The number of halogens is 1. The fourth-order valence-electron chi connectivity index (χ4n) is 5.75. The van der Waals surface area contributed by atoms with Crippen LogP contribution in [0, 0.1) is 16.7 Å². The van der Waals surface area contributed by atoms with Crippen LogP contribution in [0.15, 0.2) is 34.7 Å². The van der Waals surface area contributed by atoms with E-state index in [-0.39, 0.29) is 59.2 Å². The van der Waals surface area contributed by atoms with Gasteiger partial charge in [0, 0.05) is 35.8 Å². The first-order valence-corrected chi connectivity index (χ1v) is 15.0. The highest BCUT2D eigenvalue weighted by Gasteiger charge is 2.53. The summed E-state index contributed by atoms with van der Waals surface area (Å²) in [4.78, 5) is 68.3. The number of carbonyl (C=O) groups is 2. The van der Waals surface area contributed by atoms with Crippen LogP contribution in [0.2, 0.25) is 5.02 Å². The first kappa shape index (κ1) is 30.0. The van der Waals surface area contributed by atoms with Crippen molar-refractivity contribution in [1.29, 1.82) is 0 Å². The number of rotatable bonds is 11. The zero-order valence-electron chi connectivity index (χ0n) is 22.3. The summed E-state index contributed by atoms with van der Waals surface area (Å²) < 4.78 is 5.11. The average Bonchev–Trinajstić information content (AvgIpc) is 3.65. The lowest BCUT2D eigenvalue weighted by atomic mass is 9.93. The van der Waals surface area contributed by atoms with Gasteiger partial charge in [0.05, 0.1) is 17.2 Å². The molecule has 17 heteroatoms. The van der Waals surface area contributed by atoms with Crippen molar-refractivity contribution in [3.63, 3.8) is 0 Å². The van der Waals surface area contributed by atoms with Gasteiger partial charge in [0.1, 0.15) is 17.9 Å². The van der Waals surface area contributed by atoms with Crippen LogP contribution in [0.4, 0.5) is 11.8 Å². The fourth-order valence-corrected chi connectivity index (χ4v) is 6.52. The SMILES string of the molecule is [N-]=[N+]=NC(=O)c1ccc(CNc2nc(N3CC4CC4C3CN=O)ncc2C(=O)NC2CCC(OP(O)O)CC2)cc1Cl. The lowest BCUT2D eigenvalue weighted by Gasteiger charge is -2.29. The minimum absolute atomic E-state index is 0.0692. The third kappa shape index (κ3) is 6.95. The molecule has 2 aromatic rings. The van der Waals surface area contributed by atoms with Crippen molar-refractivity contribution < 1.29 is 23.9 Å². The summed E-state index contributed by atoms with van der Waals surface area (Å²) in [5.74, 6) is 0.365. The Labute approximate surface area is 246 Å². The van der Waals surface area contributed by atoms with Gasteiger partial charge in [-0.1, -0.05) is 22.8 Å². The Hall–Kier alpha value is -3.45. The van der Waals surface area contributed by atoms with E-state index in [0.29, 0.717) is 55.6 Å². The molecule has 0 radical (unpaired) electrons. The van der Waals surface area contributed by atoms with E-state index >= 15 is 0 Å². The average molecular weight is 618 g/mol. The summed E-state index contributed by atoms with van der Waals surface area (Å²) in [6.07, 6.45) is 4.62. The molecular weight excluding hydrogens is 589 g/mol. The topological polar surface area (TPSA) is 215 Å². The van der Waals surface area contributed by atoms with Gasteiger partial charge >= 0.3 is 8.60 Å². The van der Waals surface area contributed by atoms with Crippen LogP contribution in [-0.2, 0) is 11.1 Å². The maximum absolute atomic E-state index is 13.4. The van der Waals surface area contributed by atoms with Crippen molar-refractivity contribution in [2.75, 3.05) is 23.3 Å². The minimum atomic E-state index is -2.42. The minimum Gasteiger partial charge on any atom is -0.365 e. The van der Waals surface area contributed by atoms with Gasteiger partial charge < -0.3 is 29.8 Å². The molecule has 15 nitrogen and oxygen atoms in total. The van der Waals surface area contributed by atoms with Gasteiger partial charge in [-0.25, -0.2) is 4.98 Å². The number of hydrogen-bond acceptors (Lipinski definition) is 11. The number of nitrogens with one attached hydrogen (secondary N) is 2. The monoisotopic (exact) mass is 617 g/mol. The highest BCUT2D eigenvalue weighted by Crippen LogP contribution is 2.50. The van der Waals surface area contributed by atoms with Crippen molar-refractivity contribution >= 4 is 43.8 Å². The van der Waals surface area contributed by atoms with E-state index in [2.05, 4.69) is 30.8 Å². The molecule has 222 valence electrons. The van der Waals surface area contributed by atoms with E-state index in [0.717, 1.165) is 6.42 Å². The molecule has 1 aromatic carbocycles. The molecule has 1 aromatic heterocycles. The molecule has 2 aliphatic carbocycles. The number of carbonyl (C=O) groups excluding carboxylic acids is 2. The van der Waals surface area contributed by atoms with Gasteiger partial charge in [-0.05, 0) is 72.3 Å². The molecule has 2 saturated carbocycles. The zero-order chi connectivity index (χ0) is 29.8. The van der Waals surface area contributed by atoms with Crippen molar-refractivity contribution in [2.45, 2.75) is 56.8 Å². The third-order valence-electron chi connectivity index (χ3n) is 7.95. The van der Waals surface area contributed by atoms with E-state index in [1.165, 1.54) is 12.3 Å².